The summed E-state index contributed by atoms with van der Waals surface area (Å²) >= 11 is 1.87. The highest BCUT2D eigenvalue weighted by molar-refractivity contribution is 7.25. The Morgan fingerprint density at radius 1 is 0.302 bits per heavy atom. The molecule has 1 nitrogen and oxygen atoms in total. The summed E-state index contributed by atoms with van der Waals surface area (Å²) in [5, 5.41) is 10.2. The Kier molecular flexibility index (Phi) is 7.26. The average Bonchev–Trinajstić information content (AvgIpc) is 3.98. The minimum atomic E-state index is -0.454. The first-order valence-corrected chi connectivity index (χ1v) is 22.7. The highest BCUT2D eigenvalue weighted by atomic mass is 32.1. The van der Waals surface area contributed by atoms with Crippen LogP contribution in [0.2, 0.25) is 0 Å². The normalized spacial score (nSPS) is 13.2. The van der Waals surface area contributed by atoms with E-state index in [1.807, 2.05) is 11.3 Å². The number of benzene rings is 11. The third kappa shape index (κ3) is 4.76. The molecule has 1 spiro atoms. The Labute approximate surface area is 369 Å². The van der Waals surface area contributed by atoms with E-state index in [0.29, 0.717) is 0 Å². The topological polar surface area (TPSA) is 3.24 Å². The van der Waals surface area contributed by atoms with Crippen LogP contribution < -0.4 is 4.90 Å². The van der Waals surface area contributed by atoms with Crippen molar-refractivity contribution in [2.75, 3.05) is 4.90 Å². The highest BCUT2D eigenvalue weighted by Crippen LogP contribution is 2.63. The molecule has 0 aliphatic heterocycles. The Bertz CT molecular complexity index is 3780. The minimum Gasteiger partial charge on any atom is -0.310 e. The van der Waals surface area contributed by atoms with Crippen molar-refractivity contribution in [2.45, 2.75) is 5.41 Å². The zero-order valence-electron chi connectivity index (χ0n) is 34.2. The molecule has 0 N–H and O–H groups in total. The van der Waals surface area contributed by atoms with Gasteiger partial charge < -0.3 is 4.90 Å². The molecule has 0 atom stereocenters. The maximum atomic E-state index is 2.54. The molecule has 12 aromatic rings. The summed E-state index contributed by atoms with van der Waals surface area (Å²) in [5.41, 5.74) is 15.9. The fourth-order valence-electron chi connectivity index (χ4n) is 11.5. The summed E-state index contributed by atoms with van der Waals surface area (Å²) in [6, 6.07) is 84.2. The van der Waals surface area contributed by atoms with E-state index in [9.17, 15) is 0 Å². The maximum Gasteiger partial charge on any atom is 0.0726 e. The predicted octanol–water partition coefficient (Wildman–Crippen LogP) is 17.0. The minimum absolute atomic E-state index is 0.454. The van der Waals surface area contributed by atoms with Crippen molar-refractivity contribution in [1.82, 2.24) is 0 Å². The fourth-order valence-corrected chi connectivity index (χ4v) is 12.6. The molecule has 63 heavy (non-hydrogen) atoms. The number of thiophene rings is 1. The molecule has 0 saturated heterocycles. The van der Waals surface area contributed by atoms with Gasteiger partial charge in [0.1, 0.15) is 0 Å². The predicted molar refractivity (Wildman–Crippen MR) is 268 cm³/mol. The summed E-state index contributed by atoms with van der Waals surface area (Å²) in [4.78, 5) is 2.54. The van der Waals surface area contributed by atoms with Crippen molar-refractivity contribution < 1.29 is 0 Å². The summed E-state index contributed by atoms with van der Waals surface area (Å²) in [6.45, 7) is 0. The van der Waals surface area contributed by atoms with Crippen LogP contribution in [0.25, 0.3) is 85.9 Å². The summed E-state index contributed by atoms with van der Waals surface area (Å²) in [7, 11) is 0. The summed E-state index contributed by atoms with van der Waals surface area (Å²) < 4.78 is 2.63. The molecule has 0 amide bonds. The van der Waals surface area contributed by atoms with Gasteiger partial charge in [0.15, 0.2) is 0 Å². The number of rotatable bonds is 4. The van der Waals surface area contributed by atoms with Crippen molar-refractivity contribution >= 4 is 80.9 Å². The van der Waals surface area contributed by atoms with E-state index in [0.717, 1.165) is 17.1 Å². The Morgan fingerprint density at radius 2 is 0.794 bits per heavy atom. The van der Waals surface area contributed by atoms with Gasteiger partial charge in [-0.1, -0.05) is 182 Å². The van der Waals surface area contributed by atoms with Crippen LogP contribution in [0.1, 0.15) is 22.3 Å². The van der Waals surface area contributed by atoms with Gasteiger partial charge in [0.05, 0.1) is 11.1 Å². The van der Waals surface area contributed by atoms with Crippen LogP contribution in [0.4, 0.5) is 17.1 Å². The first-order chi connectivity index (χ1) is 31.3. The number of hydrogen-bond donors (Lipinski definition) is 0. The molecule has 11 aromatic carbocycles. The maximum absolute atomic E-state index is 2.54. The zero-order valence-corrected chi connectivity index (χ0v) is 35.0. The first-order valence-electron chi connectivity index (χ1n) is 21.8. The SMILES string of the molecule is c1cc(-c2ccc3c(c2)sc2ccccc23)cc(N(c2ccc3c(c2)C2(c4ccccc4-c4ccccc42)c2ccccc2-3)c2cccc3c4ccccc4c4ccccc4c23)c1. The second kappa shape index (κ2) is 13.1. The second-order valence-electron chi connectivity index (χ2n) is 17.1. The van der Waals surface area contributed by atoms with E-state index in [4.69, 9.17) is 0 Å². The van der Waals surface area contributed by atoms with E-state index >= 15 is 0 Å². The average molecular weight is 816 g/mol. The molecule has 2 aliphatic rings. The van der Waals surface area contributed by atoms with E-state index in [1.165, 1.54) is 108 Å². The van der Waals surface area contributed by atoms with Crippen LogP contribution in [-0.4, -0.2) is 0 Å². The van der Waals surface area contributed by atoms with Crippen LogP contribution in [0.5, 0.6) is 0 Å². The van der Waals surface area contributed by atoms with Crippen molar-refractivity contribution in [3.8, 4) is 33.4 Å². The van der Waals surface area contributed by atoms with E-state index in [1.54, 1.807) is 0 Å². The second-order valence-corrected chi connectivity index (χ2v) is 18.2. The molecule has 0 bridgehead atoms. The lowest BCUT2D eigenvalue weighted by Crippen LogP contribution is -2.26. The Hall–Kier alpha value is -7.78. The molecule has 0 radical (unpaired) electrons. The molecule has 14 rings (SSSR count). The zero-order chi connectivity index (χ0) is 41.2. The van der Waals surface area contributed by atoms with Crippen LogP contribution >= 0.6 is 11.3 Å². The van der Waals surface area contributed by atoms with Gasteiger partial charge >= 0.3 is 0 Å². The first kappa shape index (κ1) is 34.9. The molecule has 0 saturated carbocycles. The largest absolute Gasteiger partial charge is 0.310 e. The Morgan fingerprint density at radius 3 is 1.48 bits per heavy atom. The van der Waals surface area contributed by atoms with Crippen LogP contribution in [0.3, 0.4) is 0 Å². The summed E-state index contributed by atoms with van der Waals surface area (Å²) in [5.74, 6) is 0. The van der Waals surface area contributed by atoms with Crippen LogP contribution in [0.15, 0.2) is 224 Å². The molecule has 2 heteroatoms. The monoisotopic (exact) mass is 815 g/mol. The summed E-state index contributed by atoms with van der Waals surface area (Å²) in [6.07, 6.45) is 0. The lowest BCUT2D eigenvalue weighted by molar-refractivity contribution is 0.793. The van der Waals surface area contributed by atoms with E-state index in [2.05, 4.69) is 229 Å². The Balaban J connectivity index is 1.06. The van der Waals surface area contributed by atoms with E-state index in [-0.39, 0.29) is 0 Å². The third-order valence-corrected chi connectivity index (χ3v) is 15.2. The van der Waals surface area contributed by atoms with Crippen molar-refractivity contribution in [3.05, 3.63) is 247 Å². The van der Waals surface area contributed by atoms with Crippen LogP contribution in [0, 0.1) is 0 Å². The van der Waals surface area contributed by atoms with Gasteiger partial charge in [-0.3, -0.25) is 0 Å². The molecular formula is C61H37NS. The smallest absolute Gasteiger partial charge is 0.0726 e. The lowest BCUT2D eigenvalue weighted by Gasteiger charge is -2.32. The van der Waals surface area contributed by atoms with Gasteiger partial charge in [-0.25, -0.2) is 0 Å². The quantitative estimate of drug-likeness (QED) is 0.160. The van der Waals surface area contributed by atoms with Gasteiger partial charge in [-0.05, 0) is 125 Å². The standard InChI is InChI=1S/C61H37NS/c1-2-18-44-42(17-1)43-19-3-4-24-51(43)60-52(44)25-14-29-57(60)62(40-16-13-15-38(35-40)39-31-33-50-49-23-8-12-30-58(49)63-59(50)36-39)41-32-34-48-47-22-7-11-28-55(47)61(56(48)37-41)53-26-9-5-20-45(53)46-21-6-10-27-54(46)61/h1-37H. The van der Waals surface area contributed by atoms with Gasteiger partial charge in [-0.2, -0.15) is 0 Å². The number of anilines is 3. The van der Waals surface area contributed by atoms with Gasteiger partial charge in [0.25, 0.3) is 0 Å². The lowest BCUT2D eigenvalue weighted by atomic mass is 9.70. The molecule has 1 heterocycles. The van der Waals surface area contributed by atoms with Gasteiger partial charge in [-0.15, -0.1) is 11.3 Å². The molecule has 0 unspecified atom stereocenters. The van der Waals surface area contributed by atoms with Crippen LogP contribution in [-0.2, 0) is 5.41 Å². The van der Waals surface area contributed by atoms with Gasteiger partial charge in [0.2, 0.25) is 0 Å². The molecule has 1 aromatic heterocycles. The molecule has 2 aliphatic carbocycles. The van der Waals surface area contributed by atoms with E-state index < -0.39 is 5.41 Å². The molecule has 0 fully saturated rings. The number of hydrogen-bond acceptors (Lipinski definition) is 2. The highest BCUT2D eigenvalue weighted by Gasteiger charge is 2.51. The molecular weight excluding hydrogens is 779 g/mol. The molecule has 292 valence electrons. The number of fused-ring (bicyclic) bond motifs is 19. The van der Waals surface area contributed by atoms with Crippen molar-refractivity contribution in [3.63, 3.8) is 0 Å². The third-order valence-electron chi connectivity index (χ3n) is 14.0. The fraction of sp³-hybridized carbons (Fsp3) is 0.0164. The van der Waals surface area contributed by atoms with Crippen molar-refractivity contribution in [2.24, 2.45) is 0 Å². The van der Waals surface area contributed by atoms with Gasteiger partial charge in [0, 0.05) is 36.9 Å². The number of nitrogens with zero attached hydrogens (tertiary/aromatic N) is 1. The van der Waals surface area contributed by atoms with Crippen molar-refractivity contribution in [1.29, 1.82) is 0 Å².